The summed E-state index contributed by atoms with van der Waals surface area (Å²) in [6.07, 6.45) is 10.3. The van der Waals surface area contributed by atoms with Crippen LogP contribution in [0.25, 0.3) is 0 Å². The van der Waals surface area contributed by atoms with E-state index in [-0.39, 0.29) is 0 Å². The maximum absolute atomic E-state index is 5.20. The van der Waals surface area contributed by atoms with Crippen LogP contribution in [0.5, 0.6) is 0 Å². The third kappa shape index (κ3) is 4.91. The van der Waals surface area contributed by atoms with Crippen LogP contribution in [-0.2, 0) is 0 Å². The van der Waals surface area contributed by atoms with Crippen LogP contribution in [0.1, 0.15) is 19.3 Å². The summed E-state index contributed by atoms with van der Waals surface area (Å²) in [6.45, 7) is 4.68. The van der Waals surface area contributed by atoms with Crippen LogP contribution in [0.4, 0.5) is 0 Å². The first-order chi connectivity index (χ1) is 8.17. The van der Waals surface area contributed by atoms with E-state index < -0.39 is 8.07 Å². The van der Waals surface area contributed by atoms with Gasteiger partial charge in [-0.3, -0.25) is 0 Å². The SMILES string of the molecule is C#CCCCC=C=C[Si](C)(C)c1ccccc1. The maximum Gasteiger partial charge on any atom is 0.112 e. The van der Waals surface area contributed by atoms with Crippen molar-refractivity contribution < 1.29 is 0 Å². The fourth-order valence-corrected chi connectivity index (χ4v) is 3.36. The Kier molecular flexibility index (Phi) is 5.56. The van der Waals surface area contributed by atoms with E-state index in [1.807, 2.05) is 0 Å². The van der Waals surface area contributed by atoms with E-state index in [2.05, 4.69) is 66.9 Å². The van der Waals surface area contributed by atoms with Crippen molar-refractivity contribution in [3.63, 3.8) is 0 Å². The second-order valence-electron chi connectivity index (χ2n) is 4.70. The molecular formula is C16H20Si. The molecule has 0 saturated heterocycles. The molecule has 0 aromatic heterocycles. The third-order valence-electron chi connectivity index (χ3n) is 2.75. The molecule has 88 valence electrons. The van der Waals surface area contributed by atoms with Crippen LogP contribution in [0.15, 0.2) is 47.8 Å². The minimum absolute atomic E-state index is 0.859. The Bertz CT molecular complexity index is 428. The van der Waals surface area contributed by atoms with Gasteiger partial charge >= 0.3 is 0 Å². The van der Waals surface area contributed by atoms with E-state index in [0.29, 0.717) is 0 Å². The average Bonchev–Trinajstić information content (AvgIpc) is 2.35. The van der Waals surface area contributed by atoms with Crippen molar-refractivity contribution in [2.45, 2.75) is 32.4 Å². The molecule has 1 heteroatoms. The second kappa shape index (κ2) is 6.96. The van der Waals surface area contributed by atoms with Gasteiger partial charge in [0, 0.05) is 6.42 Å². The molecule has 0 heterocycles. The molecule has 0 aliphatic rings. The Hall–Kier alpha value is -1.48. The molecule has 0 saturated carbocycles. The van der Waals surface area contributed by atoms with Gasteiger partial charge in [-0.25, -0.2) is 0 Å². The molecule has 0 nitrogen and oxygen atoms in total. The zero-order valence-electron chi connectivity index (χ0n) is 10.7. The zero-order valence-corrected chi connectivity index (χ0v) is 11.7. The summed E-state index contributed by atoms with van der Waals surface area (Å²) in [4.78, 5) is 0. The van der Waals surface area contributed by atoms with Crippen LogP contribution in [0, 0.1) is 12.3 Å². The van der Waals surface area contributed by atoms with Crippen molar-refractivity contribution in [1.29, 1.82) is 0 Å². The Morgan fingerprint density at radius 1 is 1.24 bits per heavy atom. The van der Waals surface area contributed by atoms with Crippen LogP contribution in [0.2, 0.25) is 13.1 Å². The number of rotatable bonds is 5. The molecular weight excluding hydrogens is 220 g/mol. The largest absolute Gasteiger partial charge is 0.133 e. The predicted molar refractivity (Wildman–Crippen MR) is 78.9 cm³/mol. The monoisotopic (exact) mass is 240 g/mol. The van der Waals surface area contributed by atoms with E-state index in [0.717, 1.165) is 19.3 Å². The average molecular weight is 240 g/mol. The summed E-state index contributed by atoms with van der Waals surface area (Å²) in [5, 5.41) is 1.45. The van der Waals surface area contributed by atoms with Gasteiger partial charge in [-0.1, -0.05) is 48.6 Å². The highest BCUT2D eigenvalue weighted by atomic mass is 28.3. The van der Waals surface area contributed by atoms with Crippen molar-refractivity contribution >= 4 is 13.3 Å². The molecule has 1 aromatic rings. The van der Waals surface area contributed by atoms with Crippen molar-refractivity contribution in [3.05, 3.63) is 47.8 Å². The highest BCUT2D eigenvalue weighted by Gasteiger charge is 2.18. The summed E-state index contributed by atoms with van der Waals surface area (Å²) in [5.41, 5.74) is 5.59. The van der Waals surface area contributed by atoms with Crippen LogP contribution < -0.4 is 5.19 Å². The van der Waals surface area contributed by atoms with E-state index in [9.17, 15) is 0 Å². The van der Waals surface area contributed by atoms with Gasteiger partial charge in [0.05, 0.1) is 0 Å². The predicted octanol–water partition coefficient (Wildman–Crippen LogP) is 3.66. The number of allylic oxidation sites excluding steroid dienone is 1. The molecule has 0 N–H and O–H groups in total. The summed E-state index contributed by atoms with van der Waals surface area (Å²) in [6, 6.07) is 10.7. The lowest BCUT2D eigenvalue weighted by Crippen LogP contribution is -2.39. The number of hydrogen-bond donors (Lipinski definition) is 0. The number of terminal acetylenes is 1. The van der Waals surface area contributed by atoms with Gasteiger partial charge < -0.3 is 0 Å². The molecule has 17 heavy (non-hydrogen) atoms. The second-order valence-corrected chi connectivity index (χ2v) is 9.01. The van der Waals surface area contributed by atoms with Gasteiger partial charge in [0.15, 0.2) is 0 Å². The van der Waals surface area contributed by atoms with Gasteiger partial charge in [0.1, 0.15) is 8.07 Å². The van der Waals surface area contributed by atoms with Crippen LogP contribution in [0.3, 0.4) is 0 Å². The number of benzene rings is 1. The summed E-state index contributed by atoms with van der Waals surface area (Å²) >= 11 is 0. The fourth-order valence-electron chi connectivity index (χ4n) is 1.61. The molecule has 0 aliphatic heterocycles. The minimum Gasteiger partial charge on any atom is -0.133 e. The molecule has 0 fully saturated rings. The first-order valence-electron chi connectivity index (χ1n) is 6.08. The van der Waals surface area contributed by atoms with Gasteiger partial charge in [-0.05, 0) is 24.6 Å². The highest BCUT2D eigenvalue weighted by Crippen LogP contribution is 2.04. The maximum atomic E-state index is 5.20. The standard InChI is InChI=1S/C16H20Si/c1-4-5-6-7-8-12-15-17(2,3)16-13-10-9-11-14-16/h1,8-11,13-15H,5-7H2,2-3H3. The number of hydrogen-bond acceptors (Lipinski definition) is 0. The van der Waals surface area contributed by atoms with E-state index >= 15 is 0 Å². The van der Waals surface area contributed by atoms with E-state index in [1.165, 1.54) is 5.19 Å². The highest BCUT2D eigenvalue weighted by molar-refractivity contribution is 6.93. The van der Waals surface area contributed by atoms with Crippen molar-refractivity contribution in [1.82, 2.24) is 0 Å². The van der Waals surface area contributed by atoms with Gasteiger partial charge in [-0.2, -0.15) is 0 Å². The molecule has 1 rings (SSSR count). The van der Waals surface area contributed by atoms with Gasteiger partial charge in [-0.15, -0.1) is 18.1 Å². The normalized spacial score (nSPS) is 10.2. The fraction of sp³-hybridized carbons (Fsp3) is 0.312. The minimum atomic E-state index is -1.46. The summed E-state index contributed by atoms with van der Waals surface area (Å²) < 4.78 is 0. The smallest absolute Gasteiger partial charge is 0.112 e. The Balaban J connectivity index is 2.61. The van der Waals surface area contributed by atoms with Crippen molar-refractivity contribution in [2.75, 3.05) is 0 Å². The number of unbranched alkanes of at least 4 members (excludes halogenated alkanes) is 2. The topological polar surface area (TPSA) is 0 Å². The molecule has 0 unspecified atom stereocenters. The molecule has 0 radical (unpaired) electrons. The van der Waals surface area contributed by atoms with Crippen LogP contribution >= 0.6 is 0 Å². The zero-order chi connectivity index (χ0) is 12.6. The van der Waals surface area contributed by atoms with Gasteiger partial charge in [0.2, 0.25) is 0 Å². The van der Waals surface area contributed by atoms with E-state index in [4.69, 9.17) is 6.42 Å². The lowest BCUT2D eigenvalue weighted by atomic mass is 10.2. The lowest BCUT2D eigenvalue weighted by molar-refractivity contribution is 0.887. The first kappa shape index (κ1) is 13.6. The first-order valence-corrected chi connectivity index (χ1v) is 9.15. The molecule has 0 aliphatic carbocycles. The van der Waals surface area contributed by atoms with Crippen LogP contribution in [-0.4, -0.2) is 8.07 Å². The molecule has 0 bridgehead atoms. The lowest BCUT2D eigenvalue weighted by Gasteiger charge is -2.16. The molecule has 0 amide bonds. The van der Waals surface area contributed by atoms with Gasteiger partial charge in [0.25, 0.3) is 0 Å². The summed E-state index contributed by atoms with van der Waals surface area (Å²) in [7, 11) is -1.46. The quantitative estimate of drug-likeness (QED) is 0.319. The molecule has 0 atom stereocenters. The van der Waals surface area contributed by atoms with E-state index in [1.54, 1.807) is 0 Å². The molecule has 1 aromatic carbocycles. The Morgan fingerprint density at radius 2 is 1.94 bits per heavy atom. The van der Waals surface area contributed by atoms with Crippen molar-refractivity contribution in [3.8, 4) is 12.3 Å². The Morgan fingerprint density at radius 3 is 2.59 bits per heavy atom. The Labute approximate surface area is 106 Å². The third-order valence-corrected chi connectivity index (χ3v) is 5.46. The van der Waals surface area contributed by atoms with Crippen molar-refractivity contribution in [2.24, 2.45) is 0 Å². The summed E-state index contributed by atoms with van der Waals surface area (Å²) in [5.74, 6) is 2.65. The molecule has 0 spiro atoms.